The van der Waals surface area contributed by atoms with Crippen molar-refractivity contribution in [1.29, 1.82) is 5.26 Å². The molecule has 8 heteroatoms. The molecule has 1 heterocycles. The van der Waals surface area contributed by atoms with Gasteiger partial charge in [0, 0.05) is 26.3 Å². The summed E-state index contributed by atoms with van der Waals surface area (Å²) in [4.78, 5) is 0. The second kappa shape index (κ2) is 4.73. The lowest BCUT2D eigenvalue weighted by atomic mass is 10.4. The fourth-order valence-corrected chi connectivity index (χ4v) is 2.21. The van der Waals surface area contributed by atoms with Crippen LogP contribution in [0.15, 0.2) is 6.20 Å². The number of nitrogens with one attached hydrogen (secondary N) is 1. The first kappa shape index (κ1) is 13.5. The molecule has 0 amide bonds. The minimum Gasteiger partial charge on any atom is -0.272 e. The Hall–Kier alpha value is -1.59. The zero-order valence-electron chi connectivity index (χ0n) is 10.2. The van der Waals surface area contributed by atoms with Gasteiger partial charge in [-0.2, -0.15) is 23.1 Å². The normalized spacial score (nSPS) is 11.8. The fraction of sp³-hybridized carbons (Fsp3) is 0.556. The van der Waals surface area contributed by atoms with Crippen LogP contribution in [0.1, 0.15) is 19.4 Å². The molecule has 1 N–H and O–H groups in total. The van der Waals surface area contributed by atoms with Crippen molar-refractivity contribution in [3.8, 4) is 6.07 Å². The van der Waals surface area contributed by atoms with Gasteiger partial charge in [0.25, 0.3) is 0 Å². The number of anilines is 1. The van der Waals surface area contributed by atoms with E-state index in [9.17, 15) is 8.42 Å². The molecule has 94 valence electrons. The van der Waals surface area contributed by atoms with Crippen LogP contribution in [0.4, 0.5) is 5.82 Å². The number of rotatable bonds is 4. The van der Waals surface area contributed by atoms with E-state index in [0.717, 1.165) is 0 Å². The van der Waals surface area contributed by atoms with Gasteiger partial charge in [0.1, 0.15) is 11.6 Å². The smallest absolute Gasteiger partial charge is 0.272 e. The average molecular weight is 257 g/mol. The third kappa shape index (κ3) is 2.95. The highest BCUT2D eigenvalue weighted by Gasteiger charge is 2.22. The highest BCUT2D eigenvalue weighted by atomic mass is 32.2. The molecule has 0 spiro atoms. The maximum atomic E-state index is 11.9. The molecule has 0 radical (unpaired) electrons. The van der Waals surface area contributed by atoms with E-state index in [-0.39, 0.29) is 17.4 Å². The lowest BCUT2D eigenvalue weighted by Crippen LogP contribution is -2.37. The summed E-state index contributed by atoms with van der Waals surface area (Å²) in [7, 11) is -0.599. The Morgan fingerprint density at radius 2 is 2.18 bits per heavy atom. The molecule has 17 heavy (non-hydrogen) atoms. The van der Waals surface area contributed by atoms with Gasteiger partial charge >= 0.3 is 10.2 Å². The van der Waals surface area contributed by atoms with Crippen LogP contribution in [-0.4, -0.2) is 35.6 Å². The molecular formula is C9H15N5O2S. The monoisotopic (exact) mass is 257 g/mol. The van der Waals surface area contributed by atoms with Gasteiger partial charge in [0.15, 0.2) is 5.82 Å². The first-order valence-electron chi connectivity index (χ1n) is 4.97. The SMILES string of the molecule is CC(C)N(C)S(=O)(=O)Nc1nn(C)cc1C#N. The molecule has 0 aliphatic heterocycles. The van der Waals surface area contributed by atoms with E-state index >= 15 is 0 Å². The summed E-state index contributed by atoms with van der Waals surface area (Å²) < 4.78 is 28.6. The molecule has 0 unspecified atom stereocenters. The topological polar surface area (TPSA) is 91.0 Å². The van der Waals surface area contributed by atoms with Gasteiger partial charge < -0.3 is 0 Å². The molecular weight excluding hydrogens is 242 g/mol. The number of nitriles is 1. The second-order valence-electron chi connectivity index (χ2n) is 3.89. The van der Waals surface area contributed by atoms with Gasteiger partial charge in [-0.1, -0.05) is 0 Å². The minimum absolute atomic E-state index is 0.0440. The van der Waals surface area contributed by atoms with Crippen LogP contribution in [-0.2, 0) is 17.3 Å². The summed E-state index contributed by atoms with van der Waals surface area (Å²) in [5.41, 5.74) is 0.188. The van der Waals surface area contributed by atoms with Crippen molar-refractivity contribution < 1.29 is 8.42 Å². The Bertz CT molecular complexity index is 540. The molecule has 1 rings (SSSR count). The standard InChI is InChI=1S/C9H15N5O2S/c1-7(2)14(4)17(15,16)12-9-8(5-10)6-13(3)11-9/h6-7H,1-4H3,(H,11,12). The second-order valence-corrected chi connectivity index (χ2v) is 5.62. The van der Waals surface area contributed by atoms with Gasteiger partial charge in [0.2, 0.25) is 0 Å². The van der Waals surface area contributed by atoms with Crippen LogP contribution in [0.3, 0.4) is 0 Å². The highest BCUT2D eigenvalue weighted by Crippen LogP contribution is 2.14. The van der Waals surface area contributed by atoms with E-state index < -0.39 is 10.2 Å². The van der Waals surface area contributed by atoms with E-state index in [0.29, 0.717) is 0 Å². The summed E-state index contributed by atoms with van der Waals surface area (Å²) in [5.74, 6) is 0.0440. The van der Waals surface area contributed by atoms with Crippen molar-refractivity contribution in [3.63, 3.8) is 0 Å². The van der Waals surface area contributed by atoms with Crippen LogP contribution < -0.4 is 4.72 Å². The van der Waals surface area contributed by atoms with Crippen molar-refractivity contribution in [2.24, 2.45) is 7.05 Å². The lowest BCUT2D eigenvalue weighted by molar-refractivity contribution is 0.414. The maximum absolute atomic E-state index is 11.9. The number of aryl methyl sites for hydroxylation is 1. The molecule has 7 nitrogen and oxygen atoms in total. The van der Waals surface area contributed by atoms with E-state index in [4.69, 9.17) is 5.26 Å². The Morgan fingerprint density at radius 1 is 1.59 bits per heavy atom. The third-order valence-electron chi connectivity index (χ3n) is 2.28. The van der Waals surface area contributed by atoms with E-state index in [2.05, 4.69) is 9.82 Å². The van der Waals surface area contributed by atoms with Gasteiger partial charge in [-0.3, -0.25) is 9.40 Å². The molecule has 0 saturated carbocycles. The van der Waals surface area contributed by atoms with Gasteiger partial charge in [-0.15, -0.1) is 0 Å². The minimum atomic E-state index is -3.68. The van der Waals surface area contributed by atoms with Gasteiger partial charge in [0.05, 0.1) is 0 Å². The number of hydrogen-bond donors (Lipinski definition) is 1. The molecule has 0 fully saturated rings. The average Bonchev–Trinajstić information content (AvgIpc) is 2.56. The summed E-state index contributed by atoms with van der Waals surface area (Å²) >= 11 is 0. The van der Waals surface area contributed by atoms with Gasteiger partial charge in [-0.25, -0.2) is 0 Å². The maximum Gasteiger partial charge on any atom is 0.302 e. The van der Waals surface area contributed by atoms with Crippen LogP contribution in [0.5, 0.6) is 0 Å². The molecule has 0 bridgehead atoms. The van der Waals surface area contributed by atoms with E-state index in [1.807, 2.05) is 6.07 Å². The summed E-state index contributed by atoms with van der Waals surface area (Å²) in [6.45, 7) is 3.51. The Balaban J connectivity index is 3.03. The largest absolute Gasteiger partial charge is 0.302 e. The number of nitrogens with zero attached hydrogens (tertiary/aromatic N) is 4. The molecule has 1 aromatic rings. The summed E-state index contributed by atoms with van der Waals surface area (Å²) in [5, 5.41) is 12.7. The van der Waals surface area contributed by atoms with Crippen molar-refractivity contribution in [2.45, 2.75) is 19.9 Å². The fourth-order valence-electron chi connectivity index (χ4n) is 1.12. The Labute approximate surface area is 101 Å². The van der Waals surface area contributed by atoms with Crippen molar-refractivity contribution >= 4 is 16.0 Å². The molecule has 0 atom stereocenters. The zero-order chi connectivity index (χ0) is 13.2. The van der Waals surface area contributed by atoms with E-state index in [1.165, 1.54) is 22.2 Å². The summed E-state index contributed by atoms with van der Waals surface area (Å²) in [6, 6.07) is 1.70. The van der Waals surface area contributed by atoms with Crippen LogP contribution in [0, 0.1) is 11.3 Å². The molecule has 0 aliphatic rings. The Kier molecular flexibility index (Phi) is 3.75. The predicted molar refractivity (Wildman–Crippen MR) is 63.4 cm³/mol. The van der Waals surface area contributed by atoms with E-state index in [1.54, 1.807) is 20.9 Å². The van der Waals surface area contributed by atoms with Crippen LogP contribution in [0.25, 0.3) is 0 Å². The van der Waals surface area contributed by atoms with Crippen LogP contribution in [0.2, 0.25) is 0 Å². The number of aromatic nitrogens is 2. The quantitative estimate of drug-likeness (QED) is 0.839. The predicted octanol–water partition coefficient (Wildman–Crippen LogP) is 0.289. The van der Waals surface area contributed by atoms with Crippen molar-refractivity contribution in [1.82, 2.24) is 14.1 Å². The van der Waals surface area contributed by atoms with Gasteiger partial charge in [-0.05, 0) is 13.8 Å². The third-order valence-corrected chi connectivity index (χ3v) is 3.91. The first-order valence-corrected chi connectivity index (χ1v) is 6.41. The lowest BCUT2D eigenvalue weighted by Gasteiger charge is -2.20. The molecule has 1 aromatic heterocycles. The molecule has 0 aromatic carbocycles. The van der Waals surface area contributed by atoms with Crippen LogP contribution >= 0.6 is 0 Å². The summed E-state index contributed by atoms with van der Waals surface area (Å²) in [6.07, 6.45) is 1.45. The molecule has 0 aliphatic carbocycles. The Morgan fingerprint density at radius 3 is 2.65 bits per heavy atom. The highest BCUT2D eigenvalue weighted by molar-refractivity contribution is 7.90. The zero-order valence-corrected chi connectivity index (χ0v) is 11.0. The van der Waals surface area contributed by atoms with Crippen molar-refractivity contribution in [3.05, 3.63) is 11.8 Å². The number of hydrogen-bond acceptors (Lipinski definition) is 4. The molecule has 0 saturated heterocycles. The van der Waals surface area contributed by atoms with Crippen molar-refractivity contribution in [2.75, 3.05) is 11.8 Å². The first-order chi connectivity index (χ1) is 7.77.